The number of benzene rings is 2. The zero-order chi connectivity index (χ0) is 19.7. The third kappa shape index (κ3) is 5.70. The number of hydrogen-bond donors (Lipinski definition) is 1. The highest BCUT2D eigenvalue weighted by molar-refractivity contribution is 7.92. The molecule has 0 fully saturated rings. The summed E-state index contributed by atoms with van der Waals surface area (Å²) in [6.45, 7) is 2.79. The third-order valence-electron chi connectivity index (χ3n) is 3.74. The van der Waals surface area contributed by atoms with Crippen molar-refractivity contribution < 1.29 is 22.7 Å². The van der Waals surface area contributed by atoms with Crippen LogP contribution in [-0.4, -0.2) is 47.7 Å². The van der Waals surface area contributed by atoms with Crippen LogP contribution in [0.15, 0.2) is 59.5 Å². The Labute approximate surface area is 160 Å². The van der Waals surface area contributed by atoms with E-state index in [2.05, 4.69) is 5.32 Å². The number of anilines is 1. The highest BCUT2D eigenvalue weighted by Crippen LogP contribution is 2.25. The van der Waals surface area contributed by atoms with Gasteiger partial charge in [-0.25, -0.2) is 8.42 Å². The summed E-state index contributed by atoms with van der Waals surface area (Å²) in [4.78, 5) is 11.9. The van der Waals surface area contributed by atoms with E-state index in [4.69, 9.17) is 9.47 Å². The van der Waals surface area contributed by atoms with Crippen molar-refractivity contribution in [2.45, 2.75) is 11.8 Å². The van der Waals surface area contributed by atoms with Crippen molar-refractivity contribution in [3.05, 3.63) is 54.6 Å². The minimum Gasteiger partial charge on any atom is -0.484 e. The van der Waals surface area contributed by atoms with E-state index in [0.29, 0.717) is 31.1 Å². The fourth-order valence-electron chi connectivity index (χ4n) is 2.41. The van der Waals surface area contributed by atoms with Gasteiger partial charge in [-0.3, -0.25) is 9.10 Å². The number of nitrogens with one attached hydrogen (secondary N) is 1. The Kier molecular flexibility index (Phi) is 7.63. The summed E-state index contributed by atoms with van der Waals surface area (Å²) >= 11 is 0. The van der Waals surface area contributed by atoms with Crippen LogP contribution in [0.2, 0.25) is 0 Å². The summed E-state index contributed by atoms with van der Waals surface area (Å²) in [6.07, 6.45) is 0. The molecule has 27 heavy (non-hydrogen) atoms. The first kappa shape index (κ1) is 20.7. The molecule has 0 aromatic heterocycles. The molecule has 2 rings (SSSR count). The van der Waals surface area contributed by atoms with E-state index in [1.165, 1.54) is 4.31 Å². The molecule has 8 heteroatoms. The molecule has 1 amide bonds. The minimum absolute atomic E-state index is 0.122. The molecule has 0 radical (unpaired) electrons. The van der Waals surface area contributed by atoms with Crippen LogP contribution in [-0.2, 0) is 19.6 Å². The van der Waals surface area contributed by atoms with Gasteiger partial charge in [-0.15, -0.1) is 0 Å². The number of rotatable bonds is 10. The van der Waals surface area contributed by atoms with Crippen molar-refractivity contribution in [3.63, 3.8) is 0 Å². The van der Waals surface area contributed by atoms with E-state index in [-0.39, 0.29) is 17.4 Å². The quantitative estimate of drug-likeness (QED) is 0.626. The largest absolute Gasteiger partial charge is 0.484 e. The lowest BCUT2D eigenvalue weighted by Gasteiger charge is -2.23. The molecule has 0 spiro atoms. The maximum absolute atomic E-state index is 12.8. The third-order valence-corrected chi connectivity index (χ3v) is 5.66. The van der Waals surface area contributed by atoms with Crippen molar-refractivity contribution >= 4 is 21.6 Å². The van der Waals surface area contributed by atoms with Crippen LogP contribution in [0.25, 0.3) is 0 Å². The van der Waals surface area contributed by atoms with Gasteiger partial charge in [0, 0.05) is 20.2 Å². The van der Waals surface area contributed by atoms with Gasteiger partial charge < -0.3 is 14.8 Å². The molecule has 146 valence electrons. The second-order valence-electron chi connectivity index (χ2n) is 5.61. The van der Waals surface area contributed by atoms with E-state index in [0.717, 1.165) is 0 Å². The highest BCUT2D eigenvalue weighted by Gasteiger charge is 2.23. The Morgan fingerprint density at radius 3 is 2.33 bits per heavy atom. The second kappa shape index (κ2) is 9.94. The summed E-state index contributed by atoms with van der Waals surface area (Å²) < 4.78 is 37.2. The van der Waals surface area contributed by atoms with Crippen LogP contribution in [0.3, 0.4) is 0 Å². The monoisotopic (exact) mass is 392 g/mol. The number of ether oxygens (including phenoxy) is 2. The number of nitrogens with zero attached hydrogens (tertiary/aromatic N) is 1. The molecule has 0 unspecified atom stereocenters. The Balaban J connectivity index is 2.03. The lowest BCUT2D eigenvalue weighted by Crippen LogP contribution is -2.31. The Morgan fingerprint density at radius 1 is 1.07 bits per heavy atom. The molecule has 0 aliphatic carbocycles. The summed E-state index contributed by atoms with van der Waals surface area (Å²) in [5, 5.41) is 2.65. The van der Waals surface area contributed by atoms with Gasteiger partial charge >= 0.3 is 0 Å². The van der Waals surface area contributed by atoms with Crippen LogP contribution in [0.1, 0.15) is 6.92 Å². The Hall–Kier alpha value is -2.58. The minimum atomic E-state index is -3.64. The smallest absolute Gasteiger partial charge is 0.264 e. The molecule has 7 nitrogen and oxygen atoms in total. The van der Waals surface area contributed by atoms with Crippen molar-refractivity contribution in [2.24, 2.45) is 0 Å². The van der Waals surface area contributed by atoms with Crippen LogP contribution >= 0.6 is 0 Å². The van der Waals surface area contributed by atoms with Crippen LogP contribution in [0.5, 0.6) is 5.75 Å². The molecular formula is C19H24N2O5S. The van der Waals surface area contributed by atoms with E-state index in [1.807, 2.05) is 0 Å². The van der Waals surface area contributed by atoms with Gasteiger partial charge in [0.05, 0.1) is 17.2 Å². The summed E-state index contributed by atoms with van der Waals surface area (Å²) in [6, 6.07) is 14.9. The molecule has 0 saturated heterocycles. The average molecular weight is 392 g/mol. The molecule has 2 aromatic carbocycles. The molecule has 0 aliphatic rings. The second-order valence-corrected chi connectivity index (χ2v) is 7.47. The number of carbonyl (C=O) groups excluding carboxylic acids is 1. The van der Waals surface area contributed by atoms with E-state index in [1.54, 1.807) is 68.6 Å². The van der Waals surface area contributed by atoms with Gasteiger partial charge in [0.2, 0.25) is 0 Å². The maximum Gasteiger partial charge on any atom is 0.264 e. The van der Waals surface area contributed by atoms with E-state index in [9.17, 15) is 13.2 Å². The van der Waals surface area contributed by atoms with Gasteiger partial charge in [0.25, 0.3) is 15.9 Å². The first-order valence-electron chi connectivity index (χ1n) is 8.55. The standard InChI is InChI=1S/C19H24N2O5S/c1-3-21(27(23,24)18-7-5-4-6-8-18)16-9-11-17(12-10-16)26-15-19(22)20-13-14-25-2/h4-12H,3,13-15H2,1-2H3,(H,20,22). The average Bonchev–Trinajstić information content (AvgIpc) is 2.68. The SMILES string of the molecule is CCN(c1ccc(OCC(=O)NCCOC)cc1)S(=O)(=O)c1ccccc1. The Morgan fingerprint density at radius 2 is 1.74 bits per heavy atom. The number of amides is 1. The fraction of sp³-hybridized carbons (Fsp3) is 0.316. The van der Waals surface area contributed by atoms with E-state index >= 15 is 0 Å². The molecular weight excluding hydrogens is 368 g/mol. The van der Waals surface area contributed by atoms with Gasteiger partial charge in [-0.05, 0) is 43.3 Å². The first-order valence-corrected chi connectivity index (χ1v) is 9.99. The van der Waals surface area contributed by atoms with Gasteiger partial charge in [0.1, 0.15) is 5.75 Å². The summed E-state index contributed by atoms with van der Waals surface area (Å²) in [5.41, 5.74) is 0.526. The Bertz CT molecular complexity index is 823. The topological polar surface area (TPSA) is 84.9 Å². The van der Waals surface area contributed by atoms with E-state index < -0.39 is 10.0 Å². The molecule has 0 saturated carbocycles. The number of methoxy groups -OCH3 is 1. The van der Waals surface area contributed by atoms with Gasteiger partial charge in [0.15, 0.2) is 6.61 Å². The zero-order valence-corrected chi connectivity index (χ0v) is 16.2. The van der Waals surface area contributed by atoms with Crippen molar-refractivity contribution in [1.82, 2.24) is 5.32 Å². The van der Waals surface area contributed by atoms with Crippen molar-refractivity contribution in [2.75, 3.05) is 37.7 Å². The number of hydrogen-bond acceptors (Lipinski definition) is 5. The molecule has 1 N–H and O–H groups in total. The van der Waals surface area contributed by atoms with Crippen LogP contribution < -0.4 is 14.4 Å². The highest BCUT2D eigenvalue weighted by atomic mass is 32.2. The molecule has 0 atom stereocenters. The first-order chi connectivity index (χ1) is 13.0. The van der Waals surface area contributed by atoms with Gasteiger partial charge in [-0.1, -0.05) is 18.2 Å². The molecule has 0 heterocycles. The molecule has 0 bridgehead atoms. The van der Waals surface area contributed by atoms with Crippen molar-refractivity contribution in [3.8, 4) is 5.75 Å². The number of carbonyl (C=O) groups is 1. The number of sulfonamides is 1. The predicted molar refractivity (Wildman–Crippen MR) is 103 cm³/mol. The predicted octanol–water partition coefficient (Wildman–Crippen LogP) is 2.04. The maximum atomic E-state index is 12.8. The lowest BCUT2D eigenvalue weighted by molar-refractivity contribution is -0.123. The summed E-state index contributed by atoms with van der Waals surface area (Å²) in [5.74, 6) is 0.228. The molecule has 0 aliphatic heterocycles. The zero-order valence-electron chi connectivity index (χ0n) is 15.4. The molecule has 2 aromatic rings. The normalized spacial score (nSPS) is 11.0. The lowest BCUT2D eigenvalue weighted by atomic mass is 10.3. The van der Waals surface area contributed by atoms with Crippen LogP contribution in [0, 0.1) is 0 Å². The summed E-state index contributed by atoms with van der Waals surface area (Å²) in [7, 11) is -2.08. The fourth-order valence-corrected chi connectivity index (χ4v) is 3.91. The van der Waals surface area contributed by atoms with Crippen LogP contribution in [0.4, 0.5) is 5.69 Å². The van der Waals surface area contributed by atoms with Gasteiger partial charge in [-0.2, -0.15) is 0 Å². The van der Waals surface area contributed by atoms with Crippen molar-refractivity contribution in [1.29, 1.82) is 0 Å².